The van der Waals surface area contributed by atoms with Crippen LogP contribution in [0, 0.1) is 10.1 Å². The maximum atomic E-state index is 11.6. The molecule has 15 heavy (non-hydrogen) atoms. The highest BCUT2D eigenvalue weighted by Crippen LogP contribution is 2.11. The van der Waals surface area contributed by atoms with Crippen molar-refractivity contribution in [2.24, 2.45) is 0 Å². The number of nitrogens with one attached hydrogen (secondary N) is 1. The van der Waals surface area contributed by atoms with Gasteiger partial charge < -0.3 is 0 Å². The largest absolute Gasteiger partial charge is 0.357 e. The van der Waals surface area contributed by atoms with Crippen LogP contribution < -0.4 is 5.56 Å². The van der Waals surface area contributed by atoms with Crippen LogP contribution in [0.2, 0.25) is 0 Å². The van der Waals surface area contributed by atoms with Gasteiger partial charge in [-0.15, -0.1) is 0 Å². The van der Waals surface area contributed by atoms with Gasteiger partial charge in [0.2, 0.25) is 0 Å². The van der Waals surface area contributed by atoms with Gasteiger partial charge in [-0.1, -0.05) is 6.92 Å². The summed E-state index contributed by atoms with van der Waals surface area (Å²) in [5.74, 6) is 0.141. The lowest BCUT2D eigenvalue weighted by atomic mass is 10.3. The number of aromatic amines is 1. The second kappa shape index (κ2) is 3.15. The van der Waals surface area contributed by atoms with Crippen molar-refractivity contribution in [2.75, 3.05) is 0 Å². The maximum absolute atomic E-state index is 11.6. The fourth-order valence-electron chi connectivity index (χ4n) is 1.32. The van der Waals surface area contributed by atoms with Crippen LogP contribution in [0.5, 0.6) is 0 Å². The molecule has 78 valence electrons. The molecule has 8 heteroatoms. The average molecular weight is 209 g/mol. The molecule has 0 aromatic carbocycles. The molecule has 0 saturated carbocycles. The number of hydrogen-bond acceptors (Lipinski definition) is 5. The standard InChI is InChI=1S/C7H7N5O3/c1-2-4-5(12(14)15)6(13)11-7(10-4)8-3-9-11/h3H,2H2,1H3,(H,8,9,10). The first-order chi connectivity index (χ1) is 7.15. The van der Waals surface area contributed by atoms with Gasteiger partial charge in [0.05, 0.1) is 4.92 Å². The van der Waals surface area contributed by atoms with Gasteiger partial charge in [-0.05, 0) is 6.42 Å². The number of aromatic nitrogens is 4. The van der Waals surface area contributed by atoms with Crippen LogP contribution in [0.3, 0.4) is 0 Å². The molecule has 0 spiro atoms. The zero-order valence-electron chi connectivity index (χ0n) is 7.80. The van der Waals surface area contributed by atoms with Crippen molar-refractivity contribution in [3.05, 3.63) is 32.5 Å². The molecule has 1 N–H and O–H groups in total. The highest BCUT2D eigenvalue weighted by atomic mass is 16.6. The lowest BCUT2D eigenvalue weighted by Gasteiger charge is -1.98. The molecule has 2 rings (SSSR count). The van der Waals surface area contributed by atoms with Crippen molar-refractivity contribution in [1.82, 2.24) is 19.6 Å². The van der Waals surface area contributed by atoms with E-state index in [0.29, 0.717) is 6.42 Å². The summed E-state index contributed by atoms with van der Waals surface area (Å²) in [5.41, 5.74) is -1.09. The van der Waals surface area contributed by atoms with E-state index in [4.69, 9.17) is 0 Å². The van der Waals surface area contributed by atoms with Crippen molar-refractivity contribution in [3.8, 4) is 0 Å². The van der Waals surface area contributed by atoms with Crippen LogP contribution in [-0.2, 0) is 6.42 Å². The number of rotatable bonds is 2. The molecule has 0 aliphatic rings. The monoisotopic (exact) mass is 209 g/mol. The molecule has 2 aromatic rings. The fourth-order valence-corrected chi connectivity index (χ4v) is 1.32. The van der Waals surface area contributed by atoms with Gasteiger partial charge in [-0.25, -0.2) is 9.97 Å². The van der Waals surface area contributed by atoms with Crippen molar-refractivity contribution in [1.29, 1.82) is 0 Å². The highest BCUT2D eigenvalue weighted by Gasteiger charge is 2.22. The summed E-state index contributed by atoms with van der Waals surface area (Å²) in [5, 5.41) is 13.1. The van der Waals surface area contributed by atoms with E-state index < -0.39 is 16.2 Å². The Hall–Kier alpha value is -2.25. The zero-order chi connectivity index (χ0) is 11.0. The SMILES string of the molecule is CCc1nc2nc[nH]n2c(=O)c1[N+](=O)[O-]. The fraction of sp³-hybridized carbons (Fsp3) is 0.286. The van der Waals surface area contributed by atoms with Crippen molar-refractivity contribution < 1.29 is 4.92 Å². The third-order valence-corrected chi connectivity index (χ3v) is 2.00. The molecule has 0 unspecified atom stereocenters. The first-order valence-electron chi connectivity index (χ1n) is 4.24. The van der Waals surface area contributed by atoms with Gasteiger partial charge in [-0.3, -0.25) is 20.0 Å². The van der Waals surface area contributed by atoms with Crippen LogP contribution in [0.15, 0.2) is 11.1 Å². The Morgan fingerprint density at radius 3 is 3.00 bits per heavy atom. The van der Waals surface area contributed by atoms with Gasteiger partial charge in [0.1, 0.15) is 12.0 Å². The minimum absolute atomic E-state index is 0.141. The molecule has 2 aromatic heterocycles. The van der Waals surface area contributed by atoms with Crippen molar-refractivity contribution >= 4 is 11.5 Å². The lowest BCUT2D eigenvalue weighted by molar-refractivity contribution is -0.387. The maximum Gasteiger partial charge on any atom is 0.357 e. The van der Waals surface area contributed by atoms with E-state index in [0.717, 1.165) is 4.52 Å². The molecule has 0 bridgehead atoms. The minimum Gasteiger partial charge on any atom is -0.277 e. The zero-order valence-corrected chi connectivity index (χ0v) is 7.80. The minimum atomic E-state index is -0.737. The van der Waals surface area contributed by atoms with E-state index in [9.17, 15) is 14.9 Å². The van der Waals surface area contributed by atoms with E-state index in [1.54, 1.807) is 6.92 Å². The molecule has 0 atom stereocenters. The first kappa shape index (κ1) is 9.31. The van der Waals surface area contributed by atoms with Gasteiger partial charge in [-0.2, -0.15) is 4.52 Å². The third-order valence-electron chi connectivity index (χ3n) is 2.00. The second-order valence-corrected chi connectivity index (χ2v) is 2.85. The van der Waals surface area contributed by atoms with Crippen LogP contribution in [0.25, 0.3) is 5.78 Å². The molecule has 8 nitrogen and oxygen atoms in total. The summed E-state index contributed by atoms with van der Waals surface area (Å²) in [6, 6.07) is 0. The number of nitrogens with zero attached hydrogens (tertiary/aromatic N) is 4. The van der Waals surface area contributed by atoms with Gasteiger partial charge in [0, 0.05) is 0 Å². The summed E-state index contributed by atoms with van der Waals surface area (Å²) in [6.45, 7) is 1.69. The van der Waals surface area contributed by atoms with Crippen LogP contribution in [0.4, 0.5) is 5.69 Å². The Kier molecular flexibility index (Phi) is 1.96. The molecule has 2 heterocycles. The van der Waals surface area contributed by atoms with Crippen molar-refractivity contribution in [2.45, 2.75) is 13.3 Å². The number of fused-ring (bicyclic) bond motifs is 1. The first-order valence-corrected chi connectivity index (χ1v) is 4.24. The Morgan fingerprint density at radius 1 is 1.67 bits per heavy atom. The summed E-state index contributed by atoms with van der Waals surface area (Å²) in [4.78, 5) is 29.3. The Morgan fingerprint density at radius 2 is 2.40 bits per heavy atom. The highest BCUT2D eigenvalue weighted by molar-refractivity contribution is 5.39. The molecule has 0 radical (unpaired) electrons. The molecule has 0 aliphatic heterocycles. The molecule has 0 saturated heterocycles. The quantitative estimate of drug-likeness (QED) is 0.548. The number of nitro groups is 1. The molecular weight excluding hydrogens is 202 g/mol. The predicted molar refractivity (Wildman–Crippen MR) is 49.6 cm³/mol. The smallest absolute Gasteiger partial charge is 0.277 e. The summed E-state index contributed by atoms with van der Waals surface area (Å²) >= 11 is 0. The number of aryl methyl sites for hydroxylation is 1. The molecular formula is C7H7N5O3. The van der Waals surface area contributed by atoms with E-state index in [-0.39, 0.29) is 11.5 Å². The average Bonchev–Trinajstić information content (AvgIpc) is 2.64. The van der Waals surface area contributed by atoms with Crippen LogP contribution in [0.1, 0.15) is 12.6 Å². The van der Waals surface area contributed by atoms with E-state index >= 15 is 0 Å². The summed E-state index contributed by atoms with van der Waals surface area (Å²) in [7, 11) is 0. The van der Waals surface area contributed by atoms with Crippen molar-refractivity contribution in [3.63, 3.8) is 0 Å². The summed E-state index contributed by atoms with van der Waals surface area (Å²) < 4.78 is 0.942. The number of H-pyrrole nitrogens is 1. The normalized spacial score (nSPS) is 10.7. The number of hydrogen-bond donors (Lipinski definition) is 1. The van der Waals surface area contributed by atoms with Crippen LogP contribution >= 0.6 is 0 Å². The lowest BCUT2D eigenvalue weighted by Crippen LogP contribution is -2.21. The van der Waals surface area contributed by atoms with Gasteiger partial charge >= 0.3 is 11.2 Å². The second-order valence-electron chi connectivity index (χ2n) is 2.85. The molecule has 0 aliphatic carbocycles. The topological polar surface area (TPSA) is 106 Å². The van der Waals surface area contributed by atoms with E-state index in [1.807, 2.05) is 0 Å². The van der Waals surface area contributed by atoms with Gasteiger partial charge in [0.15, 0.2) is 0 Å². The van der Waals surface area contributed by atoms with E-state index in [1.165, 1.54) is 6.33 Å². The Bertz CT molecular complexity index is 584. The molecule has 0 amide bonds. The molecule has 0 fully saturated rings. The van der Waals surface area contributed by atoms with E-state index in [2.05, 4.69) is 15.1 Å². The Balaban J connectivity index is 2.92. The third kappa shape index (κ3) is 1.26. The Labute approximate surface area is 82.7 Å². The predicted octanol–water partition coefficient (Wildman–Crippen LogP) is -0.112. The van der Waals surface area contributed by atoms with Crippen LogP contribution in [-0.4, -0.2) is 24.5 Å². The summed E-state index contributed by atoms with van der Waals surface area (Å²) in [6.07, 6.45) is 1.57. The van der Waals surface area contributed by atoms with Gasteiger partial charge in [0.25, 0.3) is 5.78 Å².